The maximum atomic E-state index is 12.4. The Labute approximate surface area is 197 Å². The number of amides is 2. The fraction of sp³-hybridized carbons (Fsp3) is 0.250. The van der Waals surface area contributed by atoms with Crippen molar-refractivity contribution >= 4 is 35.0 Å². The highest BCUT2D eigenvalue weighted by molar-refractivity contribution is 8.01. The van der Waals surface area contributed by atoms with Crippen LogP contribution in [0.15, 0.2) is 58.7 Å². The van der Waals surface area contributed by atoms with E-state index in [0.717, 1.165) is 11.1 Å². The molecule has 2 N–H and O–H groups in total. The first-order valence-electron chi connectivity index (χ1n) is 10.1. The van der Waals surface area contributed by atoms with Gasteiger partial charge in [0.25, 0.3) is 11.8 Å². The SMILES string of the molecule is CC(=NNC(=O)C(C)SC(C)C(=O)NN=C(C)c1cccc(C#N)c1)c1cccc(C#N)c1. The van der Waals surface area contributed by atoms with Crippen molar-refractivity contribution in [3.8, 4) is 12.1 Å². The van der Waals surface area contributed by atoms with Gasteiger partial charge in [-0.05, 0) is 63.1 Å². The van der Waals surface area contributed by atoms with Crippen molar-refractivity contribution in [1.82, 2.24) is 10.9 Å². The molecule has 9 heteroatoms. The molecular formula is C24H24N6O2S. The van der Waals surface area contributed by atoms with Crippen molar-refractivity contribution in [1.29, 1.82) is 10.5 Å². The molecule has 0 aliphatic carbocycles. The quantitative estimate of drug-likeness (QED) is 0.461. The Balaban J connectivity index is 1.91. The maximum absolute atomic E-state index is 12.4. The van der Waals surface area contributed by atoms with E-state index in [1.807, 2.05) is 0 Å². The zero-order valence-corrected chi connectivity index (χ0v) is 19.6. The molecule has 0 saturated carbocycles. The van der Waals surface area contributed by atoms with Crippen molar-refractivity contribution in [3.05, 3.63) is 70.8 Å². The molecule has 0 fully saturated rings. The van der Waals surface area contributed by atoms with E-state index in [1.54, 1.807) is 76.2 Å². The molecule has 2 aromatic rings. The first-order valence-corrected chi connectivity index (χ1v) is 11.0. The zero-order valence-electron chi connectivity index (χ0n) is 18.8. The predicted molar refractivity (Wildman–Crippen MR) is 130 cm³/mol. The summed E-state index contributed by atoms with van der Waals surface area (Å²) in [4.78, 5) is 24.8. The van der Waals surface area contributed by atoms with Crippen LogP contribution in [0.1, 0.15) is 49.9 Å². The topological polar surface area (TPSA) is 130 Å². The third-order valence-corrected chi connectivity index (χ3v) is 5.88. The predicted octanol–water partition coefficient (Wildman–Crippen LogP) is 3.32. The number of nitrogens with one attached hydrogen (secondary N) is 2. The van der Waals surface area contributed by atoms with Crippen molar-refractivity contribution < 1.29 is 9.59 Å². The van der Waals surface area contributed by atoms with E-state index in [2.05, 4.69) is 33.2 Å². The second kappa shape index (κ2) is 12.2. The number of nitriles is 2. The van der Waals surface area contributed by atoms with E-state index in [0.29, 0.717) is 22.6 Å². The first-order chi connectivity index (χ1) is 15.7. The second-order valence-electron chi connectivity index (χ2n) is 7.15. The van der Waals surface area contributed by atoms with Gasteiger partial charge in [0, 0.05) is 0 Å². The standard InChI is InChI=1S/C24H24N6O2S/c1-15(21-9-5-7-19(11-21)13-25)27-29-23(31)17(3)33-18(4)24(32)30-28-16(2)22-10-6-8-20(12-22)14-26/h5-12,17-18H,1-4H3,(H,29,31)(H,30,32). The second-order valence-corrected chi connectivity index (χ2v) is 8.84. The van der Waals surface area contributed by atoms with Gasteiger partial charge in [-0.1, -0.05) is 24.3 Å². The lowest BCUT2D eigenvalue weighted by Crippen LogP contribution is -2.33. The number of carbonyl (C=O) groups excluding carboxylic acids is 2. The summed E-state index contributed by atoms with van der Waals surface area (Å²) in [5, 5.41) is 25.1. The fourth-order valence-corrected chi connectivity index (χ4v) is 3.61. The number of hydrazone groups is 2. The van der Waals surface area contributed by atoms with Gasteiger partial charge in [0.2, 0.25) is 0 Å². The molecule has 2 atom stereocenters. The van der Waals surface area contributed by atoms with Gasteiger partial charge in [-0.3, -0.25) is 9.59 Å². The summed E-state index contributed by atoms with van der Waals surface area (Å²) in [6.45, 7) is 6.84. The summed E-state index contributed by atoms with van der Waals surface area (Å²) in [5.41, 5.74) is 8.62. The Bertz CT molecular complexity index is 1080. The van der Waals surface area contributed by atoms with Crippen molar-refractivity contribution in [2.45, 2.75) is 38.2 Å². The Morgan fingerprint density at radius 3 is 1.58 bits per heavy atom. The Morgan fingerprint density at radius 1 is 0.818 bits per heavy atom. The smallest absolute Gasteiger partial charge is 0.252 e. The normalized spacial score (nSPS) is 13.3. The highest BCUT2D eigenvalue weighted by atomic mass is 32.2. The van der Waals surface area contributed by atoms with E-state index >= 15 is 0 Å². The van der Waals surface area contributed by atoms with Gasteiger partial charge in [-0.15, -0.1) is 11.8 Å². The summed E-state index contributed by atoms with van der Waals surface area (Å²) in [6, 6.07) is 18.0. The van der Waals surface area contributed by atoms with Crippen LogP contribution >= 0.6 is 11.8 Å². The number of hydrogen-bond donors (Lipinski definition) is 2. The summed E-state index contributed by atoms with van der Waals surface area (Å²) in [6.07, 6.45) is 0. The summed E-state index contributed by atoms with van der Waals surface area (Å²) in [7, 11) is 0. The summed E-state index contributed by atoms with van der Waals surface area (Å²) < 4.78 is 0. The number of nitrogens with zero attached hydrogens (tertiary/aromatic N) is 4. The van der Waals surface area contributed by atoms with E-state index in [4.69, 9.17) is 10.5 Å². The molecule has 2 rings (SSSR count). The molecule has 33 heavy (non-hydrogen) atoms. The largest absolute Gasteiger partial charge is 0.272 e. The van der Waals surface area contributed by atoms with Gasteiger partial charge in [-0.2, -0.15) is 20.7 Å². The molecule has 0 heterocycles. The Hall–Kier alpha value is -3.95. The van der Waals surface area contributed by atoms with Gasteiger partial charge >= 0.3 is 0 Å². The minimum absolute atomic E-state index is 0.344. The molecule has 0 radical (unpaired) electrons. The van der Waals surface area contributed by atoms with Crippen LogP contribution in [0.2, 0.25) is 0 Å². The van der Waals surface area contributed by atoms with Crippen molar-refractivity contribution in [2.75, 3.05) is 0 Å². The molecule has 0 spiro atoms. The van der Waals surface area contributed by atoms with E-state index in [-0.39, 0.29) is 11.8 Å². The summed E-state index contributed by atoms with van der Waals surface area (Å²) >= 11 is 1.17. The number of thioether (sulfide) groups is 1. The molecule has 0 aliphatic rings. The highest BCUT2D eigenvalue weighted by Crippen LogP contribution is 2.18. The van der Waals surface area contributed by atoms with Crippen LogP contribution in [0.4, 0.5) is 0 Å². The first kappa shape index (κ1) is 25.3. The van der Waals surface area contributed by atoms with Crippen LogP contribution in [-0.4, -0.2) is 33.7 Å². The molecule has 0 bridgehead atoms. The number of hydrogen-bond acceptors (Lipinski definition) is 7. The minimum Gasteiger partial charge on any atom is -0.272 e. The molecule has 168 valence electrons. The number of carbonyl (C=O) groups is 2. The molecular weight excluding hydrogens is 436 g/mol. The Kier molecular flexibility index (Phi) is 9.34. The zero-order chi connectivity index (χ0) is 24.4. The van der Waals surface area contributed by atoms with Crippen LogP contribution in [0.3, 0.4) is 0 Å². The van der Waals surface area contributed by atoms with Gasteiger partial charge < -0.3 is 0 Å². The molecule has 2 aromatic carbocycles. The molecule has 8 nitrogen and oxygen atoms in total. The van der Waals surface area contributed by atoms with Crippen LogP contribution in [0.5, 0.6) is 0 Å². The van der Waals surface area contributed by atoms with Gasteiger partial charge in [0.15, 0.2) is 0 Å². The minimum atomic E-state index is -0.537. The lowest BCUT2D eigenvalue weighted by atomic mass is 10.1. The van der Waals surface area contributed by atoms with Gasteiger partial charge in [0.05, 0.1) is 45.2 Å². The van der Waals surface area contributed by atoms with Crippen molar-refractivity contribution in [2.24, 2.45) is 10.2 Å². The highest BCUT2D eigenvalue weighted by Gasteiger charge is 2.21. The molecule has 2 amide bonds. The lowest BCUT2D eigenvalue weighted by molar-refractivity contribution is -0.120. The Morgan fingerprint density at radius 2 is 1.21 bits per heavy atom. The average Bonchev–Trinajstić information content (AvgIpc) is 2.85. The maximum Gasteiger partial charge on any atom is 0.252 e. The summed E-state index contributed by atoms with van der Waals surface area (Å²) in [5.74, 6) is -0.688. The lowest BCUT2D eigenvalue weighted by Gasteiger charge is -2.15. The van der Waals surface area contributed by atoms with Crippen LogP contribution in [0.25, 0.3) is 0 Å². The van der Waals surface area contributed by atoms with Gasteiger partial charge in [0.1, 0.15) is 0 Å². The van der Waals surface area contributed by atoms with E-state index < -0.39 is 10.5 Å². The van der Waals surface area contributed by atoms with Crippen molar-refractivity contribution in [3.63, 3.8) is 0 Å². The van der Waals surface area contributed by atoms with Crippen LogP contribution in [-0.2, 0) is 9.59 Å². The van der Waals surface area contributed by atoms with E-state index in [9.17, 15) is 9.59 Å². The van der Waals surface area contributed by atoms with Gasteiger partial charge in [-0.25, -0.2) is 10.9 Å². The molecule has 2 unspecified atom stereocenters. The average molecular weight is 461 g/mol. The van der Waals surface area contributed by atoms with Crippen LogP contribution in [0, 0.1) is 22.7 Å². The van der Waals surface area contributed by atoms with E-state index in [1.165, 1.54) is 11.8 Å². The number of rotatable bonds is 8. The number of benzene rings is 2. The molecule has 0 aliphatic heterocycles. The fourth-order valence-electron chi connectivity index (χ4n) is 2.65. The third-order valence-electron chi connectivity index (χ3n) is 4.63. The molecule has 0 aromatic heterocycles. The molecule has 0 saturated heterocycles. The van der Waals surface area contributed by atoms with Crippen LogP contribution < -0.4 is 10.9 Å². The monoisotopic (exact) mass is 460 g/mol. The third kappa shape index (κ3) is 7.60.